The van der Waals surface area contributed by atoms with Crippen molar-refractivity contribution in [2.45, 2.75) is 32.7 Å². The first kappa shape index (κ1) is 18.8. The Bertz CT molecular complexity index is 644. The molecule has 1 aromatic carbocycles. The van der Waals surface area contributed by atoms with Crippen molar-refractivity contribution in [1.29, 1.82) is 0 Å². The van der Waals surface area contributed by atoms with Gasteiger partial charge >= 0.3 is 12.0 Å². The van der Waals surface area contributed by atoms with Crippen molar-refractivity contribution in [1.82, 2.24) is 10.2 Å². The van der Waals surface area contributed by atoms with Gasteiger partial charge in [0.15, 0.2) is 0 Å². The average molecular weight is 347 g/mol. The van der Waals surface area contributed by atoms with Crippen molar-refractivity contribution >= 4 is 23.6 Å². The lowest BCUT2D eigenvalue weighted by atomic mass is 10.0. The van der Waals surface area contributed by atoms with Gasteiger partial charge < -0.3 is 20.2 Å². The van der Waals surface area contributed by atoms with E-state index in [2.05, 4.69) is 5.32 Å². The van der Waals surface area contributed by atoms with E-state index in [1.165, 1.54) is 18.9 Å². The van der Waals surface area contributed by atoms with E-state index in [1.807, 2.05) is 31.2 Å². The normalized spacial score (nSPS) is 18.6. The molecule has 1 saturated heterocycles. The summed E-state index contributed by atoms with van der Waals surface area (Å²) in [6.07, 6.45) is 1.37. The number of aliphatic carboxylic acids is 1. The van der Waals surface area contributed by atoms with Crippen LogP contribution in [0.2, 0.25) is 0 Å². The fourth-order valence-corrected chi connectivity index (χ4v) is 2.82. The number of rotatable bonds is 5. The number of piperidine rings is 1. The maximum atomic E-state index is 12.7. The first-order valence-electron chi connectivity index (χ1n) is 8.42. The summed E-state index contributed by atoms with van der Waals surface area (Å²) in [5.41, 5.74) is 1.94. The Labute approximate surface area is 147 Å². The van der Waals surface area contributed by atoms with Gasteiger partial charge in [-0.05, 0) is 31.9 Å². The fourth-order valence-electron chi connectivity index (χ4n) is 2.82. The lowest BCUT2D eigenvalue weighted by Gasteiger charge is -2.33. The van der Waals surface area contributed by atoms with E-state index in [4.69, 9.17) is 5.11 Å². The van der Waals surface area contributed by atoms with Gasteiger partial charge in [0.1, 0.15) is 6.04 Å². The number of amides is 3. The molecule has 0 spiro atoms. The molecule has 2 atom stereocenters. The number of urea groups is 1. The maximum absolute atomic E-state index is 12.7. The van der Waals surface area contributed by atoms with Gasteiger partial charge in [-0.25, -0.2) is 4.79 Å². The van der Waals surface area contributed by atoms with Crippen molar-refractivity contribution in [2.24, 2.45) is 5.92 Å². The summed E-state index contributed by atoms with van der Waals surface area (Å²) in [6.45, 7) is 4.24. The summed E-state index contributed by atoms with van der Waals surface area (Å²) in [7, 11) is 1.53. The molecule has 1 aromatic rings. The molecule has 2 unspecified atom stereocenters. The number of benzene rings is 1. The van der Waals surface area contributed by atoms with Crippen molar-refractivity contribution in [3.05, 3.63) is 29.8 Å². The number of carboxylic acids is 1. The molecule has 25 heavy (non-hydrogen) atoms. The van der Waals surface area contributed by atoms with E-state index in [1.54, 1.807) is 4.90 Å². The van der Waals surface area contributed by atoms with E-state index in [0.717, 1.165) is 17.7 Å². The summed E-state index contributed by atoms with van der Waals surface area (Å²) in [5.74, 6) is -1.76. The highest BCUT2D eigenvalue weighted by Crippen LogP contribution is 2.21. The van der Waals surface area contributed by atoms with Gasteiger partial charge in [0.05, 0.1) is 5.92 Å². The molecule has 7 heteroatoms. The monoisotopic (exact) mass is 347 g/mol. The zero-order valence-corrected chi connectivity index (χ0v) is 14.9. The minimum atomic E-state index is -0.959. The average Bonchev–Trinajstić information content (AvgIpc) is 2.57. The van der Waals surface area contributed by atoms with Crippen LogP contribution in [0.15, 0.2) is 24.3 Å². The van der Waals surface area contributed by atoms with Gasteiger partial charge in [-0.3, -0.25) is 9.59 Å². The number of aryl methyl sites for hydroxylation is 1. The van der Waals surface area contributed by atoms with Crippen LogP contribution in [0.4, 0.5) is 10.5 Å². The molecule has 136 valence electrons. The minimum Gasteiger partial charge on any atom is -0.481 e. The predicted octanol–water partition coefficient (Wildman–Crippen LogP) is 1.85. The number of hydrogen-bond acceptors (Lipinski definition) is 3. The molecule has 1 heterocycles. The maximum Gasteiger partial charge on any atom is 0.317 e. The topological polar surface area (TPSA) is 90.0 Å². The lowest BCUT2D eigenvalue weighted by molar-refractivity contribution is -0.141. The van der Waals surface area contributed by atoms with E-state index in [-0.39, 0.29) is 12.5 Å². The molecule has 1 aliphatic rings. The zero-order valence-electron chi connectivity index (χ0n) is 14.9. The molecule has 0 radical (unpaired) electrons. The number of anilines is 1. The highest BCUT2D eigenvalue weighted by atomic mass is 16.4. The van der Waals surface area contributed by atoms with Crippen molar-refractivity contribution in [2.75, 3.05) is 25.0 Å². The third-order valence-electron chi connectivity index (χ3n) is 4.40. The van der Waals surface area contributed by atoms with Gasteiger partial charge in [-0.2, -0.15) is 0 Å². The second-order valence-corrected chi connectivity index (χ2v) is 6.59. The number of nitrogens with zero attached hydrogens (tertiary/aromatic N) is 2. The number of carboxylic acid groups (broad SMARTS) is 1. The van der Waals surface area contributed by atoms with Crippen LogP contribution >= 0.6 is 0 Å². The van der Waals surface area contributed by atoms with E-state index in [9.17, 15) is 14.4 Å². The highest BCUT2D eigenvalue weighted by molar-refractivity contribution is 5.99. The molecule has 0 saturated carbocycles. The summed E-state index contributed by atoms with van der Waals surface area (Å²) in [6, 6.07) is 6.68. The summed E-state index contributed by atoms with van der Waals surface area (Å²) >= 11 is 0. The number of hydrogen-bond donors (Lipinski definition) is 2. The SMILES string of the molecule is Cc1ccc(N2CCCC(NC(=O)N(C)CC(C)C(=O)O)C2=O)cc1. The van der Waals surface area contributed by atoms with Crippen molar-refractivity contribution in [3.8, 4) is 0 Å². The van der Waals surface area contributed by atoms with E-state index in [0.29, 0.717) is 13.0 Å². The fraction of sp³-hybridized carbons (Fsp3) is 0.500. The van der Waals surface area contributed by atoms with E-state index < -0.39 is 24.0 Å². The second kappa shape index (κ2) is 8.00. The number of nitrogens with one attached hydrogen (secondary N) is 1. The molecule has 0 aliphatic carbocycles. The third-order valence-corrected chi connectivity index (χ3v) is 4.40. The Morgan fingerprint density at radius 1 is 1.36 bits per heavy atom. The largest absolute Gasteiger partial charge is 0.481 e. The minimum absolute atomic E-state index is 0.0871. The van der Waals surface area contributed by atoms with Gasteiger partial charge in [0, 0.05) is 25.8 Å². The summed E-state index contributed by atoms with van der Waals surface area (Å²) in [5, 5.41) is 11.7. The van der Waals surface area contributed by atoms with Crippen LogP contribution in [0.3, 0.4) is 0 Å². The Hall–Kier alpha value is -2.57. The first-order valence-corrected chi connectivity index (χ1v) is 8.42. The zero-order chi connectivity index (χ0) is 18.6. The molecular weight excluding hydrogens is 322 g/mol. The number of carbonyl (C=O) groups is 3. The lowest BCUT2D eigenvalue weighted by Crippen LogP contribution is -2.55. The van der Waals surface area contributed by atoms with Crippen LogP contribution in [0.5, 0.6) is 0 Å². The van der Waals surface area contributed by atoms with E-state index >= 15 is 0 Å². The van der Waals surface area contributed by atoms with Crippen molar-refractivity contribution < 1.29 is 19.5 Å². The van der Waals surface area contributed by atoms with Crippen LogP contribution in [-0.4, -0.2) is 54.1 Å². The molecule has 3 amide bonds. The first-order chi connectivity index (χ1) is 11.8. The van der Waals surface area contributed by atoms with Gasteiger partial charge in [-0.1, -0.05) is 24.6 Å². The second-order valence-electron chi connectivity index (χ2n) is 6.59. The quantitative estimate of drug-likeness (QED) is 0.851. The molecule has 2 rings (SSSR count). The summed E-state index contributed by atoms with van der Waals surface area (Å²) < 4.78 is 0. The molecule has 0 aromatic heterocycles. The Morgan fingerprint density at radius 2 is 2.00 bits per heavy atom. The molecule has 0 bridgehead atoms. The molecule has 1 fully saturated rings. The Kier molecular flexibility index (Phi) is 6.01. The predicted molar refractivity (Wildman–Crippen MR) is 94.5 cm³/mol. The van der Waals surface area contributed by atoms with Gasteiger partial charge in [0.25, 0.3) is 0 Å². The van der Waals surface area contributed by atoms with Crippen LogP contribution < -0.4 is 10.2 Å². The van der Waals surface area contributed by atoms with Crippen LogP contribution in [0, 0.1) is 12.8 Å². The molecule has 2 N–H and O–H groups in total. The molecular formula is C18H25N3O4. The molecule has 1 aliphatic heterocycles. The van der Waals surface area contributed by atoms with Crippen LogP contribution in [-0.2, 0) is 9.59 Å². The number of carbonyl (C=O) groups excluding carboxylic acids is 2. The molecule has 7 nitrogen and oxygen atoms in total. The summed E-state index contributed by atoms with van der Waals surface area (Å²) in [4.78, 5) is 38.8. The smallest absolute Gasteiger partial charge is 0.317 e. The van der Waals surface area contributed by atoms with Crippen molar-refractivity contribution in [3.63, 3.8) is 0 Å². The third kappa shape index (κ3) is 4.71. The Balaban J connectivity index is 1.99. The van der Waals surface area contributed by atoms with Gasteiger partial charge in [0.2, 0.25) is 5.91 Å². The van der Waals surface area contributed by atoms with Crippen LogP contribution in [0.1, 0.15) is 25.3 Å². The standard InChI is InChI=1S/C18H25N3O4/c1-12-6-8-14(9-7-12)21-10-4-5-15(16(21)22)19-18(25)20(3)11-13(2)17(23)24/h6-9,13,15H,4-5,10-11H2,1-3H3,(H,19,25)(H,23,24). The van der Waals surface area contributed by atoms with Crippen LogP contribution in [0.25, 0.3) is 0 Å². The highest BCUT2D eigenvalue weighted by Gasteiger charge is 2.31. The van der Waals surface area contributed by atoms with Gasteiger partial charge in [-0.15, -0.1) is 0 Å². The Morgan fingerprint density at radius 3 is 2.60 bits per heavy atom.